The van der Waals surface area contributed by atoms with Crippen LogP contribution in [0.1, 0.15) is 45.4 Å². The van der Waals surface area contributed by atoms with Crippen molar-refractivity contribution in [1.82, 2.24) is 14.8 Å². The first kappa shape index (κ1) is 14.2. The normalized spacial score (nSPS) is 33.3. The predicted molar refractivity (Wildman–Crippen MR) is 89.7 cm³/mol. The Morgan fingerprint density at radius 2 is 2.26 bits per heavy atom. The highest BCUT2D eigenvalue weighted by Gasteiger charge is 2.54. The van der Waals surface area contributed by atoms with E-state index in [4.69, 9.17) is 14.6 Å². The zero-order chi connectivity index (χ0) is 15.7. The summed E-state index contributed by atoms with van der Waals surface area (Å²) in [5.41, 5.74) is 0.805. The molecule has 3 fully saturated rings. The summed E-state index contributed by atoms with van der Waals surface area (Å²) < 4.78 is 15.0. The second kappa shape index (κ2) is 4.70. The summed E-state index contributed by atoms with van der Waals surface area (Å²) in [5.74, 6) is 0.670. The van der Waals surface area contributed by atoms with Gasteiger partial charge in [0, 0.05) is 18.0 Å². The molecule has 2 aliphatic carbocycles. The molecule has 0 radical (unpaired) electrons. The monoisotopic (exact) mass is 377 g/mol. The number of rotatable bonds is 3. The Bertz CT molecular complexity index is 775. The fraction of sp³-hybridized carbons (Fsp3) is 0.647. The van der Waals surface area contributed by atoms with Gasteiger partial charge < -0.3 is 9.47 Å². The van der Waals surface area contributed by atoms with Crippen LogP contribution in [0, 0.1) is 0 Å². The summed E-state index contributed by atoms with van der Waals surface area (Å²) in [6.45, 7) is 2.97. The molecule has 3 heterocycles. The molecule has 5 nitrogen and oxygen atoms in total. The van der Waals surface area contributed by atoms with Gasteiger partial charge in [-0.3, -0.25) is 4.68 Å². The maximum atomic E-state index is 6.00. The summed E-state index contributed by atoms with van der Waals surface area (Å²) >= 11 is 3.59. The van der Waals surface area contributed by atoms with Crippen LogP contribution >= 0.6 is 15.9 Å². The van der Waals surface area contributed by atoms with Gasteiger partial charge in [0.25, 0.3) is 0 Å². The Morgan fingerprint density at radius 1 is 1.39 bits per heavy atom. The molecule has 3 aliphatic rings. The van der Waals surface area contributed by atoms with Crippen molar-refractivity contribution in [1.29, 1.82) is 0 Å². The van der Waals surface area contributed by atoms with Gasteiger partial charge in [-0.05, 0) is 61.0 Å². The fourth-order valence-electron chi connectivity index (χ4n) is 4.07. The summed E-state index contributed by atoms with van der Waals surface area (Å²) in [6, 6.07) is 2.07. The number of hydrogen-bond acceptors (Lipinski definition) is 4. The van der Waals surface area contributed by atoms with E-state index in [0.29, 0.717) is 12.0 Å². The molecule has 0 N–H and O–H groups in total. The first-order chi connectivity index (χ1) is 11.1. The molecule has 2 aromatic heterocycles. The number of nitrogens with zero attached hydrogens (tertiary/aromatic N) is 3. The summed E-state index contributed by atoms with van der Waals surface area (Å²) in [5, 5.41) is 5.82. The van der Waals surface area contributed by atoms with Crippen LogP contribution in [-0.4, -0.2) is 33.1 Å². The highest BCUT2D eigenvalue weighted by molar-refractivity contribution is 9.10. The number of ether oxygens (including phenoxy) is 2. The van der Waals surface area contributed by atoms with Crippen LogP contribution in [0.3, 0.4) is 0 Å². The first-order valence-corrected chi connectivity index (χ1v) is 9.22. The topological polar surface area (TPSA) is 49.2 Å². The molecular weight excluding hydrogens is 358 g/mol. The van der Waals surface area contributed by atoms with Crippen LogP contribution in [0.15, 0.2) is 16.7 Å². The van der Waals surface area contributed by atoms with Gasteiger partial charge in [-0.1, -0.05) is 0 Å². The van der Waals surface area contributed by atoms with E-state index in [0.717, 1.165) is 54.2 Å². The first-order valence-electron chi connectivity index (χ1n) is 8.42. The van der Waals surface area contributed by atoms with Gasteiger partial charge in [-0.15, -0.1) is 0 Å². The Labute approximate surface area is 143 Å². The second-order valence-electron chi connectivity index (χ2n) is 7.57. The molecule has 0 amide bonds. The van der Waals surface area contributed by atoms with Gasteiger partial charge >= 0.3 is 0 Å². The van der Waals surface area contributed by atoms with Crippen molar-refractivity contribution in [2.75, 3.05) is 6.61 Å². The molecule has 2 aromatic rings. The van der Waals surface area contributed by atoms with Crippen LogP contribution in [0.2, 0.25) is 0 Å². The summed E-state index contributed by atoms with van der Waals surface area (Å²) in [6.07, 6.45) is 9.21. The lowest BCUT2D eigenvalue weighted by Gasteiger charge is -2.26. The molecule has 1 aliphatic heterocycles. The zero-order valence-corrected chi connectivity index (χ0v) is 14.8. The molecule has 2 atom stereocenters. The average molecular weight is 378 g/mol. The van der Waals surface area contributed by atoms with Crippen LogP contribution in [-0.2, 0) is 10.3 Å². The number of pyridine rings is 1. The molecule has 2 unspecified atom stereocenters. The quantitative estimate of drug-likeness (QED) is 0.816. The molecule has 1 saturated heterocycles. The van der Waals surface area contributed by atoms with E-state index in [1.165, 1.54) is 6.42 Å². The maximum Gasteiger partial charge on any atom is 0.230 e. The van der Waals surface area contributed by atoms with Gasteiger partial charge in [0.15, 0.2) is 5.65 Å². The van der Waals surface area contributed by atoms with Gasteiger partial charge in [-0.2, -0.15) is 10.1 Å². The standard InChI is InChI=1S/C17H20BrN3O2/c1-16-5-6-17(9-16,10-22-16)21-8-11-7-13(18)15(19-14(11)20-21)23-12-3-2-4-12/h7-8,12H,2-6,9-10H2,1H3. The number of fused-ring (bicyclic) bond motifs is 3. The smallest absolute Gasteiger partial charge is 0.230 e. The predicted octanol–water partition coefficient (Wildman–Crippen LogP) is 3.79. The highest BCUT2D eigenvalue weighted by Crippen LogP contribution is 2.51. The Balaban J connectivity index is 1.52. The largest absolute Gasteiger partial charge is 0.474 e. The van der Waals surface area contributed by atoms with Gasteiger partial charge in [0.05, 0.1) is 22.2 Å². The fourth-order valence-corrected chi connectivity index (χ4v) is 4.50. The highest BCUT2D eigenvalue weighted by atomic mass is 79.9. The second-order valence-corrected chi connectivity index (χ2v) is 8.43. The lowest BCUT2D eigenvalue weighted by atomic mass is 9.96. The number of aromatic nitrogens is 3. The minimum Gasteiger partial charge on any atom is -0.474 e. The van der Waals surface area contributed by atoms with E-state index < -0.39 is 0 Å². The SMILES string of the molecule is CC12CCC(n3cc4cc(Br)c(OC5CCC5)nc4n3)(CO1)C2. The third kappa shape index (κ3) is 2.14. The van der Waals surface area contributed by atoms with Gasteiger partial charge in [0.2, 0.25) is 5.88 Å². The maximum absolute atomic E-state index is 6.00. The van der Waals surface area contributed by atoms with E-state index >= 15 is 0 Å². The number of halogens is 1. The molecule has 6 heteroatoms. The molecule has 5 rings (SSSR count). The molecule has 0 spiro atoms. The summed E-state index contributed by atoms with van der Waals surface area (Å²) in [4.78, 5) is 4.64. The minimum atomic E-state index is 0.0108. The minimum absolute atomic E-state index is 0.0108. The number of hydrogen-bond donors (Lipinski definition) is 0. The van der Waals surface area contributed by atoms with Crippen LogP contribution in [0.5, 0.6) is 5.88 Å². The van der Waals surface area contributed by atoms with E-state index in [1.54, 1.807) is 0 Å². The van der Waals surface area contributed by atoms with Crippen molar-refractivity contribution in [3.63, 3.8) is 0 Å². The van der Waals surface area contributed by atoms with Crippen molar-refractivity contribution in [3.8, 4) is 5.88 Å². The van der Waals surface area contributed by atoms with E-state index in [2.05, 4.69) is 44.8 Å². The van der Waals surface area contributed by atoms with Gasteiger partial charge in [0.1, 0.15) is 6.10 Å². The average Bonchev–Trinajstić information content (AvgIpc) is 3.13. The Hall–Kier alpha value is -1.14. The van der Waals surface area contributed by atoms with Crippen LogP contribution in [0.25, 0.3) is 11.0 Å². The van der Waals surface area contributed by atoms with Crippen molar-refractivity contribution < 1.29 is 9.47 Å². The third-order valence-electron chi connectivity index (χ3n) is 5.74. The van der Waals surface area contributed by atoms with Crippen LogP contribution in [0.4, 0.5) is 0 Å². The zero-order valence-electron chi connectivity index (χ0n) is 13.2. The molecular formula is C17H20BrN3O2. The van der Waals surface area contributed by atoms with Crippen molar-refractivity contribution in [2.45, 2.75) is 62.7 Å². The van der Waals surface area contributed by atoms with Crippen molar-refractivity contribution in [3.05, 3.63) is 16.7 Å². The third-order valence-corrected chi connectivity index (χ3v) is 6.31. The van der Waals surface area contributed by atoms with Crippen LogP contribution < -0.4 is 4.74 Å². The Kier molecular flexibility index (Phi) is 2.90. The lowest BCUT2D eigenvalue weighted by Crippen LogP contribution is -2.33. The molecule has 2 bridgehead atoms. The van der Waals surface area contributed by atoms with E-state index in [9.17, 15) is 0 Å². The van der Waals surface area contributed by atoms with Crippen molar-refractivity contribution in [2.24, 2.45) is 0 Å². The Morgan fingerprint density at radius 3 is 2.87 bits per heavy atom. The van der Waals surface area contributed by atoms with Gasteiger partial charge in [-0.25, -0.2) is 0 Å². The van der Waals surface area contributed by atoms with E-state index in [1.807, 2.05) is 0 Å². The summed E-state index contributed by atoms with van der Waals surface area (Å²) in [7, 11) is 0. The molecule has 23 heavy (non-hydrogen) atoms. The molecule has 2 saturated carbocycles. The lowest BCUT2D eigenvalue weighted by molar-refractivity contribution is -0.0149. The molecule has 0 aromatic carbocycles. The van der Waals surface area contributed by atoms with E-state index in [-0.39, 0.29) is 11.1 Å². The molecule has 122 valence electrons. The van der Waals surface area contributed by atoms with Crippen molar-refractivity contribution >= 4 is 27.0 Å².